The predicted molar refractivity (Wildman–Crippen MR) is 119 cm³/mol. The number of nitrogens with one attached hydrogen (secondary N) is 1. The van der Waals surface area contributed by atoms with E-state index >= 15 is 0 Å². The zero-order valence-electron chi connectivity index (χ0n) is 16.5. The van der Waals surface area contributed by atoms with Gasteiger partial charge in [0.25, 0.3) is 5.56 Å². The average molecular weight is 420 g/mol. The number of thiophene rings is 1. The highest BCUT2D eigenvalue weighted by molar-refractivity contribution is 7.13. The molecule has 152 valence electrons. The third kappa shape index (κ3) is 3.93. The number of hydrogen-bond donors (Lipinski definition) is 1. The van der Waals surface area contributed by atoms with Gasteiger partial charge in [-0.05, 0) is 60.2 Å². The van der Waals surface area contributed by atoms with Crippen LogP contribution < -0.4 is 5.56 Å². The van der Waals surface area contributed by atoms with Crippen LogP contribution in [0.5, 0.6) is 0 Å². The Labute approximate surface area is 178 Å². The summed E-state index contributed by atoms with van der Waals surface area (Å²) in [5.74, 6) is 0.458. The fraction of sp³-hybridized carbons (Fsp3) is 0.250. The van der Waals surface area contributed by atoms with Crippen molar-refractivity contribution in [1.82, 2.24) is 14.9 Å². The second kappa shape index (κ2) is 8.13. The molecule has 0 bridgehead atoms. The number of likely N-dealkylation sites (tertiary alicyclic amines) is 1. The van der Waals surface area contributed by atoms with Crippen molar-refractivity contribution in [2.45, 2.75) is 25.3 Å². The van der Waals surface area contributed by atoms with Crippen LogP contribution in [0.4, 0.5) is 4.39 Å². The van der Waals surface area contributed by atoms with Crippen LogP contribution in [0.1, 0.15) is 30.1 Å². The molecule has 0 amide bonds. The van der Waals surface area contributed by atoms with E-state index in [1.165, 1.54) is 28.1 Å². The lowest BCUT2D eigenvalue weighted by atomic mass is 9.96. The summed E-state index contributed by atoms with van der Waals surface area (Å²) in [5, 5.41) is 2.40. The minimum absolute atomic E-state index is 0.172. The van der Waals surface area contributed by atoms with Gasteiger partial charge in [-0.15, -0.1) is 11.3 Å². The minimum Gasteiger partial charge on any atom is -0.310 e. The molecule has 1 saturated heterocycles. The molecule has 1 unspecified atom stereocenters. The number of halogens is 1. The van der Waals surface area contributed by atoms with Crippen molar-refractivity contribution in [3.05, 3.63) is 87.5 Å². The number of H-pyrrole nitrogens is 1. The Bertz CT molecular complexity index is 1220. The lowest BCUT2D eigenvalue weighted by Crippen LogP contribution is -2.35. The highest BCUT2D eigenvalue weighted by atomic mass is 32.1. The molecule has 0 radical (unpaired) electrons. The Balaban J connectivity index is 1.32. The van der Waals surface area contributed by atoms with E-state index in [9.17, 15) is 9.18 Å². The fourth-order valence-electron chi connectivity index (χ4n) is 4.22. The van der Waals surface area contributed by atoms with E-state index in [0.717, 1.165) is 32.5 Å². The van der Waals surface area contributed by atoms with Crippen molar-refractivity contribution in [1.29, 1.82) is 0 Å². The van der Waals surface area contributed by atoms with Crippen molar-refractivity contribution in [2.75, 3.05) is 13.1 Å². The van der Waals surface area contributed by atoms with Crippen molar-refractivity contribution < 1.29 is 4.39 Å². The van der Waals surface area contributed by atoms with Gasteiger partial charge in [-0.25, -0.2) is 9.37 Å². The normalized spacial score (nSPS) is 17.4. The topological polar surface area (TPSA) is 49.0 Å². The second-order valence-electron chi connectivity index (χ2n) is 7.86. The van der Waals surface area contributed by atoms with Gasteiger partial charge in [0.15, 0.2) is 0 Å². The third-order valence-electron chi connectivity index (χ3n) is 5.74. The molecular weight excluding hydrogens is 397 g/mol. The van der Waals surface area contributed by atoms with E-state index in [2.05, 4.69) is 56.6 Å². The first kappa shape index (κ1) is 19.2. The Kier molecular flexibility index (Phi) is 5.19. The number of rotatable bonds is 4. The molecule has 6 heteroatoms. The monoisotopic (exact) mass is 419 g/mol. The van der Waals surface area contributed by atoms with E-state index in [4.69, 9.17) is 0 Å². The van der Waals surface area contributed by atoms with Gasteiger partial charge >= 0.3 is 0 Å². The van der Waals surface area contributed by atoms with E-state index in [1.54, 1.807) is 17.4 Å². The summed E-state index contributed by atoms with van der Waals surface area (Å²) in [4.78, 5) is 23.7. The molecule has 1 aliphatic heterocycles. The predicted octanol–water partition coefficient (Wildman–Crippen LogP) is 5.17. The van der Waals surface area contributed by atoms with Crippen LogP contribution in [0.2, 0.25) is 0 Å². The van der Waals surface area contributed by atoms with Crippen LogP contribution >= 0.6 is 11.3 Å². The molecule has 30 heavy (non-hydrogen) atoms. The third-order valence-corrected chi connectivity index (χ3v) is 6.66. The molecule has 4 aromatic rings. The van der Waals surface area contributed by atoms with E-state index in [1.807, 2.05) is 0 Å². The van der Waals surface area contributed by atoms with Crippen molar-refractivity contribution >= 4 is 22.2 Å². The maximum Gasteiger partial charge on any atom is 0.258 e. The number of nitrogens with zero attached hydrogens (tertiary/aromatic N) is 2. The van der Waals surface area contributed by atoms with E-state index in [-0.39, 0.29) is 11.5 Å². The summed E-state index contributed by atoms with van der Waals surface area (Å²) in [6.07, 6.45) is 2.05. The molecule has 3 heterocycles. The molecule has 5 rings (SSSR count). The van der Waals surface area contributed by atoms with Gasteiger partial charge < -0.3 is 4.98 Å². The quantitative estimate of drug-likeness (QED) is 0.496. The van der Waals surface area contributed by atoms with E-state index < -0.39 is 5.82 Å². The van der Waals surface area contributed by atoms with Crippen LogP contribution in [-0.2, 0) is 6.54 Å². The number of fused-ring (bicyclic) bond motifs is 1. The molecule has 1 N–H and O–H groups in total. The maximum atomic E-state index is 13.4. The summed E-state index contributed by atoms with van der Waals surface area (Å²) in [7, 11) is 0. The number of aromatic amines is 1. The summed E-state index contributed by atoms with van der Waals surface area (Å²) in [6.45, 7) is 2.76. The SMILES string of the molecule is O=c1[nH]c(C2CCCN(Cc3ccc(-c4cccs4)cc3)C2)nc2ccc(F)cc12. The van der Waals surface area contributed by atoms with Gasteiger partial charge in [-0.1, -0.05) is 30.3 Å². The fourth-order valence-corrected chi connectivity index (χ4v) is 4.95. The van der Waals surface area contributed by atoms with Gasteiger partial charge in [0, 0.05) is 23.9 Å². The highest BCUT2D eigenvalue weighted by Crippen LogP contribution is 2.28. The number of piperidine rings is 1. The Hall–Kier alpha value is -2.83. The summed E-state index contributed by atoms with van der Waals surface area (Å²) in [6, 6.07) is 17.2. The molecule has 2 aromatic heterocycles. The van der Waals surface area contributed by atoms with Crippen molar-refractivity contribution in [3.63, 3.8) is 0 Å². The maximum absolute atomic E-state index is 13.4. The Morgan fingerprint density at radius 3 is 2.83 bits per heavy atom. The van der Waals surface area contributed by atoms with Crippen LogP contribution in [0.15, 0.2) is 64.8 Å². The molecule has 4 nitrogen and oxygen atoms in total. The molecule has 0 saturated carbocycles. The van der Waals surface area contributed by atoms with Gasteiger partial charge in [0.05, 0.1) is 10.9 Å². The second-order valence-corrected chi connectivity index (χ2v) is 8.81. The average Bonchev–Trinajstić information content (AvgIpc) is 3.30. The zero-order valence-corrected chi connectivity index (χ0v) is 17.3. The molecule has 1 fully saturated rings. The number of aromatic nitrogens is 2. The van der Waals surface area contributed by atoms with Gasteiger partial charge in [0.1, 0.15) is 11.6 Å². The number of hydrogen-bond acceptors (Lipinski definition) is 4. The highest BCUT2D eigenvalue weighted by Gasteiger charge is 2.24. The largest absolute Gasteiger partial charge is 0.310 e. The smallest absolute Gasteiger partial charge is 0.258 e. The lowest BCUT2D eigenvalue weighted by Gasteiger charge is -2.32. The van der Waals surface area contributed by atoms with Gasteiger partial charge in [-0.2, -0.15) is 0 Å². The zero-order chi connectivity index (χ0) is 20.5. The van der Waals surface area contributed by atoms with Gasteiger partial charge in [-0.3, -0.25) is 9.69 Å². The summed E-state index contributed by atoms with van der Waals surface area (Å²) in [5.41, 5.74) is 2.82. The molecule has 2 aromatic carbocycles. The first-order chi connectivity index (χ1) is 14.7. The Morgan fingerprint density at radius 1 is 1.17 bits per heavy atom. The van der Waals surface area contributed by atoms with Crippen LogP contribution in [-0.4, -0.2) is 28.0 Å². The van der Waals surface area contributed by atoms with Crippen LogP contribution in [0.3, 0.4) is 0 Å². The van der Waals surface area contributed by atoms with Crippen molar-refractivity contribution in [2.24, 2.45) is 0 Å². The van der Waals surface area contributed by atoms with E-state index in [0.29, 0.717) is 16.7 Å². The molecule has 1 atom stereocenters. The van der Waals surface area contributed by atoms with Crippen LogP contribution in [0, 0.1) is 5.82 Å². The molecule has 1 aliphatic rings. The standard InChI is InChI=1S/C24H22FN3OS/c25-19-9-10-21-20(13-19)24(29)27-23(26-21)18-3-1-11-28(15-18)14-16-5-7-17(8-6-16)22-4-2-12-30-22/h2,4-10,12-13,18H,1,3,11,14-15H2,(H,26,27,29). The molecular formula is C24H22FN3OS. The molecule has 0 aliphatic carbocycles. The first-order valence-electron chi connectivity index (χ1n) is 10.2. The summed E-state index contributed by atoms with van der Waals surface area (Å²) >= 11 is 1.75. The summed E-state index contributed by atoms with van der Waals surface area (Å²) < 4.78 is 13.4. The minimum atomic E-state index is -0.420. The van der Waals surface area contributed by atoms with Crippen molar-refractivity contribution in [3.8, 4) is 10.4 Å². The molecule has 0 spiro atoms. The lowest BCUT2D eigenvalue weighted by molar-refractivity contribution is 0.196. The van der Waals surface area contributed by atoms with Crippen LogP contribution in [0.25, 0.3) is 21.3 Å². The first-order valence-corrected chi connectivity index (χ1v) is 11.1. The van der Waals surface area contributed by atoms with Gasteiger partial charge in [0.2, 0.25) is 0 Å². The number of benzene rings is 2. The Morgan fingerprint density at radius 2 is 2.03 bits per heavy atom.